The van der Waals surface area contributed by atoms with Gasteiger partial charge >= 0.3 is 0 Å². The zero-order chi connectivity index (χ0) is 13.2. The molecule has 1 unspecified atom stereocenters. The molecule has 0 aliphatic heterocycles. The Kier molecular flexibility index (Phi) is 3.69. The van der Waals surface area contributed by atoms with E-state index in [1.165, 1.54) is 25.0 Å². The van der Waals surface area contributed by atoms with E-state index in [1.54, 1.807) is 11.3 Å². The van der Waals surface area contributed by atoms with Crippen molar-refractivity contribution >= 4 is 38.0 Å². The van der Waals surface area contributed by atoms with E-state index in [0.29, 0.717) is 0 Å². The molecular weight excluding hydrogens is 318 g/mol. The summed E-state index contributed by atoms with van der Waals surface area (Å²) in [6.45, 7) is 0. The highest BCUT2D eigenvalue weighted by Crippen LogP contribution is 2.34. The Morgan fingerprint density at radius 1 is 1.00 bits per heavy atom. The normalized spacial score (nSPS) is 12.7. The summed E-state index contributed by atoms with van der Waals surface area (Å²) in [6, 6.07) is 19.6. The zero-order valence-electron chi connectivity index (χ0n) is 10.6. The number of rotatable bonds is 3. The molecule has 3 heteroatoms. The summed E-state index contributed by atoms with van der Waals surface area (Å²) in [4.78, 5) is 1.32. The van der Waals surface area contributed by atoms with Crippen LogP contribution in [0, 0.1) is 0 Å². The summed E-state index contributed by atoms with van der Waals surface area (Å²) >= 11 is 5.32. The van der Waals surface area contributed by atoms with Gasteiger partial charge in [-0.05, 0) is 51.4 Å². The molecule has 1 nitrogen and oxygen atoms in total. The van der Waals surface area contributed by atoms with Crippen molar-refractivity contribution in [2.45, 2.75) is 6.04 Å². The van der Waals surface area contributed by atoms with Crippen LogP contribution in [0.5, 0.6) is 0 Å². The smallest absolute Gasteiger partial charge is 0.0702 e. The first-order valence-corrected chi connectivity index (χ1v) is 7.80. The fourth-order valence-electron chi connectivity index (χ4n) is 2.44. The van der Waals surface area contributed by atoms with Crippen molar-refractivity contribution in [3.05, 3.63) is 68.8 Å². The maximum atomic E-state index is 3.54. The van der Waals surface area contributed by atoms with Gasteiger partial charge in [-0.1, -0.05) is 42.5 Å². The van der Waals surface area contributed by atoms with Crippen LogP contribution in [0.2, 0.25) is 0 Å². The Balaban J connectivity index is 2.16. The second kappa shape index (κ2) is 5.45. The fraction of sp³-hybridized carbons (Fsp3) is 0.125. The predicted octanol–water partition coefficient (Wildman–Crippen LogP) is 4.97. The summed E-state index contributed by atoms with van der Waals surface area (Å²) in [7, 11) is 2.01. The van der Waals surface area contributed by atoms with E-state index in [2.05, 4.69) is 75.8 Å². The number of benzene rings is 2. The van der Waals surface area contributed by atoms with Crippen LogP contribution in [0.4, 0.5) is 0 Å². The van der Waals surface area contributed by atoms with Gasteiger partial charge in [0.25, 0.3) is 0 Å². The molecule has 19 heavy (non-hydrogen) atoms. The van der Waals surface area contributed by atoms with E-state index in [1.807, 2.05) is 7.05 Å². The second-order valence-electron chi connectivity index (χ2n) is 4.43. The van der Waals surface area contributed by atoms with Gasteiger partial charge in [0.05, 0.1) is 9.83 Å². The molecule has 1 aromatic heterocycles. The number of thiophene rings is 1. The maximum Gasteiger partial charge on any atom is 0.0702 e. The second-order valence-corrected chi connectivity index (χ2v) is 6.93. The summed E-state index contributed by atoms with van der Waals surface area (Å²) in [5.41, 5.74) is 1.33. The first-order valence-electron chi connectivity index (χ1n) is 6.20. The van der Waals surface area contributed by atoms with E-state index < -0.39 is 0 Å². The van der Waals surface area contributed by atoms with Gasteiger partial charge in [-0.3, -0.25) is 0 Å². The van der Waals surface area contributed by atoms with Crippen molar-refractivity contribution in [1.29, 1.82) is 0 Å². The molecule has 0 bridgehead atoms. The molecule has 0 aliphatic rings. The van der Waals surface area contributed by atoms with Crippen LogP contribution in [-0.2, 0) is 0 Å². The minimum atomic E-state index is 0.238. The molecule has 0 aliphatic carbocycles. The van der Waals surface area contributed by atoms with Crippen LogP contribution in [0.15, 0.2) is 58.4 Å². The Labute approximate surface area is 125 Å². The molecule has 96 valence electrons. The van der Waals surface area contributed by atoms with E-state index >= 15 is 0 Å². The van der Waals surface area contributed by atoms with Crippen molar-refractivity contribution in [3.63, 3.8) is 0 Å². The summed E-state index contributed by atoms with van der Waals surface area (Å²) in [5.74, 6) is 0. The van der Waals surface area contributed by atoms with Gasteiger partial charge in [-0.15, -0.1) is 11.3 Å². The number of hydrogen-bond donors (Lipinski definition) is 1. The third kappa shape index (κ3) is 2.46. The van der Waals surface area contributed by atoms with Crippen LogP contribution in [0.25, 0.3) is 10.8 Å². The molecule has 0 radical (unpaired) electrons. The van der Waals surface area contributed by atoms with Crippen LogP contribution >= 0.6 is 27.3 Å². The highest BCUT2D eigenvalue weighted by Gasteiger charge is 2.16. The lowest BCUT2D eigenvalue weighted by Crippen LogP contribution is -2.16. The number of nitrogens with one attached hydrogen (secondary N) is 1. The molecule has 1 N–H and O–H groups in total. The molecule has 2 aromatic carbocycles. The van der Waals surface area contributed by atoms with Crippen LogP contribution in [0.3, 0.4) is 0 Å². The Hall–Kier alpha value is -1.16. The lowest BCUT2D eigenvalue weighted by Gasteiger charge is -2.17. The topological polar surface area (TPSA) is 12.0 Å². The molecule has 0 amide bonds. The third-order valence-corrected chi connectivity index (χ3v) is 4.99. The van der Waals surface area contributed by atoms with E-state index in [4.69, 9.17) is 0 Å². The number of halogens is 1. The highest BCUT2D eigenvalue weighted by atomic mass is 79.9. The first-order chi connectivity index (χ1) is 9.29. The molecule has 0 saturated heterocycles. The van der Waals surface area contributed by atoms with Gasteiger partial charge in [-0.25, -0.2) is 0 Å². The largest absolute Gasteiger partial charge is 0.309 e. The molecule has 0 saturated carbocycles. The first kappa shape index (κ1) is 12.9. The average Bonchev–Trinajstić information content (AvgIpc) is 2.86. The van der Waals surface area contributed by atoms with Gasteiger partial charge in [0.15, 0.2) is 0 Å². The lowest BCUT2D eigenvalue weighted by molar-refractivity contribution is 0.709. The van der Waals surface area contributed by atoms with Crippen molar-refractivity contribution in [3.8, 4) is 0 Å². The summed E-state index contributed by atoms with van der Waals surface area (Å²) in [6.07, 6.45) is 0. The van der Waals surface area contributed by atoms with Crippen molar-refractivity contribution < 1.29 is 0 Å². The fourth-order valence-corrected chi connectivity index (χ4v) is 3.99. The van der Waals surface area contributed by atoms with Gasteiger partial charge in [0, 0.05) is 4.88 Å². The minimum Gasteiger partial charge on any atom is -0.309 e. The highest BCUT2D eigenvalue weighted by molar-refractivity contribution is 9.11. The van der Waals surface area contributed by atoms with Gasteiger partial charge < -0.3 is 5.32 Å². The Morgan fingerprint density at radius 2 is 1.79 bits per heavy atom. The molecular formula is C16H14BrNS. The van der Waals surface area contributed by atoms with Crippen molar-refractivity contribution in [2.75, 3.05) is 7.05 Å². The lowest BCUT2D eigenvalue weighted by atomic mass is 9.98. The molecule has 0 fully saturated rings. The zero-order valence-corrected chi connectivity index (χ0v) is 13.0. The van der Waals surface area contributed by atoms with Crippen LogP contribution < -0.4 is 5.32 Å². The SMILES string of the molecule is CNC(c1ccc(Br)s1)c1cccc2ccccc12. The van der Waals surface area contributed by atoms with E-state index in [9.17, 15) is 0 Å². The standard InChI is InChI=1S/C16H14BrNS/c1-18-16(14-9-10-15(17)19-14)13-8-4-6-11-5-2-3-7-12(11)13/h2-10,16,18H,1H3. The van der Waals surface area contributed by atoms with Gasteiger partial charge in [0.1, 0.15) is 0 Å². The van der Waals surface area contributed by atoms with Gasteiger partial charge in [0.2, 0.25) is 0 Å². The van der Waals surface area contributed by atoms with E-state index in [0.717, 1.165) is 0 Å². The quantitative estimate of drug-likeness (QED) is 0.714. The monoisotopic (exact) mass is 331 g/mol. The molecule has 3 aromatic rings. The Bertz CT molecular complexity index is 699. The van der Waals surface area contributed by atoms with Crippen molar-refractivity contribution in [2.24, 2.45) is 0 Å². The number of hydrogen-bond acceptors (Lipinski definition) is 2. The summed E-state index contributed by atoms with van der Waals surface area (Å²) in [5, 5.41) is 6.03. The predicted molar refractivity (Wildman–Crippen MR) is 86.9 cm³/mol. The molecule has 1 atom stereocenters. The van der Waals surface area contributed by atoms with Gasteiger partial charge in [-0.2, -0.15) is 0 Å². The average molecular weight is 332 g/mol. The maximum absolute atomic E-state index is 3.54. The molecule has 1 heterocycles. The van der Waals surface area contributed by atoms with Crippen LogP contribution in [-0.4, -0.2) is 7.05 Å². The molecule has 0 spiro atoms. The third-order valence-electron chi connectivity index (χ3n) is 3.30. The number of fused-ring (bicyclic) bond motifs is 1. The van der Waals surface area contributed by atoms with Crippen LogP contribution in [0.1, 0.15) is 16.5 Å². The molecule has 3 rings (SSSR count). The minimum absolute atomic E-state index is 0.238. The van der Waals surface area contributed by atoms with E-state index in [-0.39, 0.29) is 6.04 Å². The Morgan fingerprint density at radius 3 is 2.53 bits per heavy atom. The summed E-state index contributed by atoms with van der Waals surface area (Å²) < 4.78 is 1.17. The van der Waals surface area contributed by atoms with Crippen molar-refractivity contribution in [1.82, 2.24) is 5.32 Å².